The topological polar surface area (TPSA) is 46.2 Å². The maximum Gasteiger partial charge on any atom is 0.275 e. The Bertz CT molecular complexity index is 715. The van der Waals surface area contributed by atoms with Crippen LogP contribution in [0.1, 0.15) is 15.9 Å². The van der Waals surface area contributed by atoms with Crippen molar-refractivity contribution in [3.05, 3.63) is 65.5 Å². The molecule has 1 aliphatic rings. The summed E-state index contributed by atoms with van der Waals surface area (Å²) in [5.41, 5.74) is -2.96. The van der Waals surface area contributed by atoms with Crippen molar-refractivity contribution in [3.63, 3.8) is 0 Å². The number of halogens is 2. The first-order chi connectivity index (χ1) is 9.53. The van der Waals surface area contributed by atoms with Crippen molar-refractivity contribution in [3.8, 4) is 0 Å². The summed E-state index contributed by atoms with van der Waals surface area (Å²) >= 11 is 0. The van der Waals surface area contributed by atoms with E-state index in [1.807, 2.05) is 0 Å². The summed E-state index contributed by atoms with van der Waals surface area (Å²) in [6, 6.07) is 10.7. The molecule has 0 fully saturated rings. The van der Waals surface area contributed by atoms with E-state index in [9.17, 15) is 14.0 Å². The molecule has 0 bridgehead atoms. The van der Waals surface area contributed by atoms with E-state index in [4.69, 9.17) is 0 Å². The van der Waals surface area contributed by atoms with Crippen LogP contribution in [0.3, 0.4) is 0 Å². The third kappa shape index (κ3) is 1.63. The number of amides is 1. The molecule has 3 rings (SSSR count). The van der Waals surface area contributed by atoms with E-state index in [1.165, 1.54) is 30.3 Å². The standard InChI is InChI=1S/C15H9F2NO2/c16-10-6-7-12-11(8-10)13(19)15(17,14(20)18-12)9-4-2-1-3-5-9/h1-8H,(H,18,20). The molecule has 0 aromatic heterocycles. The molecule has 2 aromatic rings. The van der Waals surface area contributed by atoms with E-state index in [-0.39, 0.29) is 16.8 Å². The Hall–Kier alpha value is -2.56. The number of rotatable bonds is 1. The molecule has 0 radical (unpaired) electrons. The predicted molar refractivity (Wildman–Crippen MR) is 68.6 cm³/mol. The molecule has 20 heavy (non-hydrogen) atoms. The van der Waals surface area contributed by atoms with E-state index < -0.39 is 23.2 Å². The molecule has 1 N–H and O–H groups in total. The summed E-state index contributed by atoms with van der Waals surface area (Å²) in [4.78, 5) is 24.3. The lowest BCUT2D eigenvalue weighted by molar-refractivity contribution is -0.125. The molecule has 0 saturated heterocycles. The fraction of sp³-hybridized carbons (Fsp3) is 0.0667. The van der Waals surface area contributed by atoms with Crippen LogP contribution in [0.15, 0.2) is 48.5 Å². The Balaban J connectivity index is 2.20. The number of Topliss-reactive ketones (excluding diaryl/α,β-unsaturated/α-hetero) is 1. The van der Waals surface area contributed by atoms with Crippen LogP contribution in [-0.4, -0.2) is 11.7 Å². The summed E-state index contributed by atoms with van der Waals surface area (Å²) < 4.78 is 28.3. The van der Waals surface area contributed by atoms with Gasteiger partial charge in [0.2, 0.25) is 5.78 Å². The zero-order valence-electron chi connectivity index (χ0n) is 10.2. The first kappa shape index (κ1) is 12.5. The molecule has 3 nitrogen and oxygen atoms in total. The smallest absolute Gasteiger partial charge is 0.275 e. The summed E-state index contributed by atoms with van der Waals surface area (Å²) in [5.74, 6) is -2.78. The van der Waals surface area contributed by atoms with Gasteiger partial charge >= 0.3 is 0 Å². The SMILES string of the molecule is O=C1Nc2ccc(F)cc2C(=O)C1(F)c1ccccc1. The lowest BCUT2D eigenvalue weighted by Crippen LogP contribution is -2.47. The van der Waals surface area contributed by atoms with Crippen LogP contribution in [-0.2, 0) is 10.5 Å². The van der Waals surface area contributed by atoms with Crippen molar-refractivity contribution in [2.45, 2.75) is 5.67 Å². The Morgan fingerprint density at radius 2 is 1.70 bits per heavy atom. The summed E-state index contributed by atoms with van der Waals surface area (Å²) in [6.07, 6.45) is 0. The van der Waals surface area contributed by atoms with Gasteiger partial charge in [-0.25, -0.2) is 8.78 Å². The zero-order valence-corrected chi connectivity index (χ0v) is 10.2. The van der Waals surface area contributed by atoms with Crippen LogP contribution in [0.5, 0.6) is 0 Å². The highest BCUT2D eigenvalue weighted by Gasteiger charge is 2.52. The zero-order chi connectivity index (χ0) is 14.3. The minimum absolute atomic E-state index is 0.0718. The number of benzene rings is 2. The number of carbonyl (C=O) groups excluding carboxylic acids is 2. The molecule has 2 aromatic carbocycles. The van der Waals surface area contributed by atoms with Crippen LogP contribution in [0.2, 0.25) is 0 Å². The van der Waals surface area contributed by atoms with Crippen molar-refractivity contribution in [2.24, 2.45) is 0 Å². The van der Waals surface area contributed by atoms with Gasteiger partial charge in [-0.3, -0.25) is 9.59 Å². The molecule has 0 spiro atoms. The van der Waals surface area contributed by atoms with Crippen LogP contribution in [0, 0.1) is 5.82 Å². The highest BCUT2D eigenvalue weighted by atomic mass is 19.1. The molecule has 1 heterocycles. The molecule has 100 valence electrons. The molecular weight excluding hydrogens is 264 g/mol. The second-order valence-electron chi connectivity index (χ2n) is 4.50. The van der Waals surface area contributed by atoms with Crippen molar-refractivity contribution in [2.75, 3.05) is 5.32 Å². The summed E-state index contributed by atoms with van der Waals surface area (Å²) in [7, 11) is 0. The van der Waals surface area contributed by atoms with Crippen LogP contribution in [0.25, 0.3) is 0 Å². The lowest BCUT2D eigenvalue weighted by atomic mass is 9.83. The van der Waals surface area contributed by atoms with E-state index in [1.54, 1.807) is 6.07 Å². The van der Waals surface area contributed by atoms with Gasteiger partial charge in [-0.2, -0.15) is 0 Å². The molecular formula is C15H9F2NO2. The Kier molecular flexibility index (Phi) is 2.64. The normalized spacial score (nSPS) is 21.3. The summed E-state index contributed by atoms with van der Waals surface area (Å²) in [5, 5.41) is 2.31. The average molecular weight is 273 g/mol. The van der Waals surface area contributed by atoms with Gasteiger partial charge < -0.3 is 5.32 Å². The minimum Gasteiger partial charge on any atom is -0.322 e. The number of carbonyl (C=O) groups is 2. The van der Waals surface area contributed by atoms with Gasteiger partial charge in [-0.1, -0.05) is 30.3 Å². The van der Waals surface area contributed by atoms with Crippen LogP contribution in [0.4, 0.5) is 14.5 Å². The van der Waals surface area contributed by atoms with Crippen molar-refractivity contribution in [1.29, 1.82) is 0 Å². The highest BCUT2D eigenvalue weighted by Crippen LogP contribution is 2.38. The van der Waals surface area contributed by atoms with Crippen molar-refractivity contribution in [1.82, 2.24) is 0 Å². The predicted octanol–water partition coefficient (Wildman–Crippen LogP) is 2.83. The number of anilines is 1. The Labute approximate surface area is 113 Å². The van der Waals surface area contributed by atoms with E-state index in [2.05, 4.69) is 5.32 Å². The largest absolute Gasteiger partial charge is 0.322 e. The quantitative estimate of drug-likeness (QED) is 0.812. The van der Waals surface area contributed by atoms with Crippen molar-refractivity contribution >= 4 is 17.4 Å². The maximum absolute atomic E-state index is 15.0. The third-order valence-electron chi connectivity index (χ3n) is 3.27. The molecule has 1 unspecified atom stereocenters. The number of hydrogen-bond donors (Lipinski definition) is 1. The first-order valence-electron chi connectivity index (χ1n) is 5.93. The first-order valence-corrected chi connectivity index (χ1v) is 5.93. The fourth-order valence-electron chi connectivity index (χ4n) is 2.24. The van der Waals surface area contributed by atoms with Gasteiger partial charge in [-0.05, 0) is 18.2 Å². The lowest BCUT2D eigenvalue weighted by Gasteiger charge is -2.29. The minimum atomic E-state index is -2.83. The highest BCUT2D eigenvalue weighted by molar-refractivity contribution is 6.26. The van der Waals surface area contributed by atoms with Crippen LogP contribution >= 0.6 is 0 Å². The molecule has 1 amide bonds. The maximum atomic E-state index is 15.0. The number of hydrogen-bond acceptors (Lipinski definition) is 2. The van der Waals surface area contributed by atoms with E-state index in [0.717, 1.165) is 12.1 Å². The Morgan fingerprint density at radius 1 is 1.00 bits per heavy atom. The van der Waals surface area contributed by atoms with Gasteiger partial charge in [0.05, 0.1) is 5.69 Å². The monoisotopic (exact) mass is 273 g/mol. The third-order valence-corrected chi connectivity index (χ3v) is 3.27. The van der Waals surface area contributed by atoms with E-state index >= 15 is 4.39 Å². The number of alkyl halides is 1. The fourth-order valence-corrected chi connectivity index (χ4v) is 2.24. The van der Waals surface area contributed by atoms with Crippen LogP contribution < -0.4 is 5.32 Å². The molecule has 5 heteroatoms. The second-order valence-corrected chi connectivity index (χ2v) is 4.50. The van der Waals surface area contributed by atoms with Gasteiger partial charge in [0.25, 0.3) is 11.6 Å². The molecule has 0 aliphatic carbocycles. The number of nitrogens with one attached hydrogen (secondary N) is 1. The number of fused-ring (bicyclic) bond motifs is 1. The molecule has 1 aliphatic heterocycles. The summed E-state index contributed by atoms with van der Waals surface area (Å²) in [6.45, 7) is 0. The van der Waals surface area contributed by atoms with Gasteiger partial charge in [-0.15, -0.1) is 0 Å². The van der Waals surface area contributed by atoms with Gasteiger partial charge in [0.15, 0.2) is 0 Å². The van der Waals surface area contributed by atoms with Gasteiger partial charge in [0.1, 0.15) is 5.82 Å². The number of ketones is 1. The average Bonchev–Trinajstić information content (AvgIpc) is 2.47. The Morgan fingerprint density at radius 3 is 2.40 bits per heavy atom. The molecule has 1 atom stereocenters. The van der Waals surface area contributed by atoms with Gasteiger partial charge in [0, 0.05) is 11.1 Å². The second kappa shape index (κ2) is 4.23. The van der Waals surface area contributed by atoms with Crippen molar-refractivity contribution < 1.29 is 18.4 Å². The molecule has 0 saturated carbocycles. The van der Waals surface area contributed by atoms with E-state index in [0.29, 0.717) is 0 Å².